The third-order valence-electron chi connectivity index (χ3n) is 3.49. The second-order valence-corrected chi connectivity index (χ2v) is 4.99. The standard InChI is InChI=1S/C14H17F5N2O/c15-9-12(21-6-4-20-5-7-21)10-2-1-3-11(8-10)22-14(18,19)13(16)17/h1-3,8,12-13,20H,4-7,9H2/t12-/m1/s1. The smallest absolute Gasteiger partial charge is 0.428 e. The molecular formula is C14H17F5N2O. The van der Waals surface area contributed by atoms with Crippen molar-refractivity contribution in [2.24, 2.45) is 0 Å². The van der Waals surface area contributed by atoms with Crippen LogP contribution < -0.4 is 10.1 Å². The molecule has 1 N–H and O–H groups in total. The molecule has 124 valence electrons. The van der Waals surface area contributed by atoms with E-state index >= 15 is 0 Å². The van der Waals surface area contributed by atoms with Crippen LogP contribution in [0.4, 0.5) is 22.0 Å². The summed E-state index contributed by atoms with van der Waals surface area (Å²) in [7, 11) is 0. The molecule has 0 spiro atoms. The third kappa shape index (κ3) is 4.07. The molecule has 1 atom stereocenters. The summed E-state index contributed by atoms with van der Waals surface area (Å²) in [5, 5.41) is 3.13. The van der Waals surface area contributed by atoms with Gasteiger partial charge in [-0.1, -0.05) is 12.1 Å². The third-order valence-corrected chi connectivity index (χ3v) is 3.49. The molecule has 1 heterocycles. The van der Waals surface area contributed by atoms with Gasteiger partial charge in [-0.25, -0.2) is 4.39 Å². The molecule has 8 heteroatoms. The Hall–Kier alpha value is -1.41. The summed E-state index contributed by atoms with van der Waals surface area (Å²) >= 11 is 0. The van der Waals surface area contributed by atoms with Gasteiger partial charge >= 0.3 is 12.5 Å². The molecule has 1 aromatic rings. The lowest BCUT2D eigenvalue weighted by Gasteiger charge is -2.33. The molecule has 1 aliphatic heterocycles. The zero-order valence-corrected chi connectivity index (χ0v) is 11.7. The highest BCUT2D eigenvalue weighted by Gasteiger charge is 2.44. The van der Waals surface area contributed by atoms with Crippen molar-refractivity contribution in [3.05, 3.63) is 29.8 Å². The van der Waals surface area contributed by atoms with Gasteiger partial charge in [0.1, 0.15) is 12.4 Å². The van der Waals surface area contributed by atoms with Gasteiger partial charge in [0.2, 0.25) is 0 Å². The number of rotatable bonds is 6. The van der Waals surface area contributed by atoms with E-state index in [0.29, 0.717) is 31.7 Å². The van der Waals surface area contributed by atoms with E-state index < -0.39 is 31.0 Å². The van der Waals surface area contributed by atoms with Crippen LogP contribution in [0.25, 0.3) is 0 Å². The van der Waals surface area contributed by atoms with Crippen molar-refractivity contribution in [3.8, 4) is 5.75 Å². The van der Waals surface area contributed by atoms with Gasteiger partial charge in [0.15, 0.2) is 0 Å². The topological polar surface area (TPSA) is 24.5 Å². The number of halogens is 5. The molecule has 0 bridgehead atoms. The van der Waals surface area contributed by atoms with Crippen molar-refractivity contribution in [2.45, 2.75) is 18.6 Å². The number of hydrogen-bond acceptors (Lipinski definition) is 3. The molecule has 0 saturated carbocycles. The van der Waals surface area contributed by atoms with Gasteiger partial charge in [0, 0.05) is 26.2 Å². The van der Waals surface area contributed by atoms with Crippen LogP contribution in [0.15, 0.2) is 24.3 Å². The molecule has 0 radical (unpaired) electrons. The van der Waals surface area contributed by atoms with E-state index in [9.17, 15) is 22.0 Å². The molecule has 1 saturated heterocycles. The fraction of sp³-hybridized carbons (Fsp3) is 0.571. The normalized spacial score (nSPS) is 18.5. The van der Waals surface area contributed by atoms with Crippen LogP contribution in [0, 0.1) is 0 Å². The molecular weight excluding hydrogens is 307 g/mol. The Morgan fingerprint density at radius 1 is 1.23 bits per heavy atom. The minimum Gasteiger partial charge on any atom is -0.428 e. The Labute approximate surface area is 125 Å². The highest BCUT2D eigenvalue weighted by atomic mass is 19.3. The minimum atomic E-state index is -4.57. The summed E-state index contributed by atoms with van der Waals surface area (Å²) in [5.41, 5.74) is 0.423. The van der Waals surface area contributed by atoms with E-state index in [0.717, 1.165) is 6.07 Å². The van der Waals surface area contributed by atoms with E-state index in [4.69, 9.17) is 0 Å². The van der Waals surface area contributed by atoms with Crippen LogP contribution >= 0.6 is 0 Å². The molecule has 22 heavy (non-hydrogen) atoms. The van der Waals surface area contributed by atoms with Crippen LogP contribution in [0.2, 0.25) is 0 Å². The molecule has 3 nitrogen and oxygen atoms in total. The SMILES string of the molecule is FC[C@H](c1cccc(OC(F)(F)C(F)F)c1)N1CCNCC1. The van der Waals surface area contributed by atoms with E-state index in [1.54, 1.807) is 6.07 Å². The van der Waals surface area contributed by atoms with Gasteiger partial charge < -0.3 is 10.1 Å². The molecule has 0 aliphatic carbocycles. The Kier molecular flexibility index (Phi) is 5.57. The molecule has 2 rings (SSSR count). The Balaban J connectivity index is 2.15. The van der Waals surface area contributed by atoms with Gasteiger partial charge in [-0.3, -0.25) is 4.90 Å². The number of alkyl halides is 5. The average molecular weight is 324 g/mol. The lowest BCUT2D eigenvalue weighted by molar-refractivity contribution is -0.253. The van der Waals surface area contributed by atoms with E-state index in [1.807, 2.05) is 4.90 Å². The van der Waals surface area contributed by atoms with Gasteiger partial charge in [-0.05, 0) is 17.7 Å². The van der Waals surface area contributed by atoms with Gasteiger partial charge in [0.05, 0.1) is 6.04 Å². The lowest BCUT2D eigenvalue weighted by atomic mass is 10.1. The Morgan fingerprint density at radius 3 is 2.50 bits per heavy atom. The number of nitrogens with one attached hydrogen (secondary N) is 1. The summed E-state index contributed by atoms with van der Waals surface area (Å²) in [5.74, 6) is -0.406. The van der Waals surface area contributed by atoms with Crippen molar-refractivity contribution in [2.75, 3.05) is 32.9 Å². The second-order valence-electron chi connectivity index (χ2n) is 4.99. The number of benzene rings is 1. The fourth-order valence-corrected chi connectivity index (χ4v) is 2.38. The molecule has 1 fully saturated rings. The highest BCUT2D eigenvalue weighted by molar-refractivity contribution is 5.31. The van der Waals surface area contributed by atoms with Gasteiger partial charge in [0.25, 0.3) is 0 Å². The predicted octanol–water partition coefficient (Wildman–Crippen LogP) is 2.84. The van der Waals surface area contributed by atoms with E-state index in [2.05, 4.69) is 10.1 Å². The maximum atomic E-state index is 13.4. The number of hydrogen-bond donors (Lipinski definition) is 1. The maximum Gasteiger partial charge on any atom is 0.461 e. The predicted molar refractivity (Wildman–Crippen MR) is 71.2 cm³/mol. The Bertz CT molecular complexity index is 480. The zero-order valence-electron chi connectivity index (χ0n) is 11.7. The summed E-state index contributed by atoms with van der Waals surface area (Å²) in [6.07, 6.45) is -8.50. The molecule has 1 aromatic carbocycles. The Morgan fingerprint density at radius 2 is 1.91 bits per heavy atom. The fourth-order valence-electron chi connectivity index (χ4n) is 2.38. The van der Waals surface area contributed by atoms with Crippen LogP contribution in [-0.2, 0) is 0 Å². The number of piperazine rings is 1. The van der Waals surface area contributed by atoms with Crippen molar-refractivity contribution < 1.29 is 26.7 Å². The first-order valence-electron chi connectivity index (χ1n) is 6.89. The molecule has 1 aliphatic rings. The quantitative estimate of drug-likeness (QED) is 0.815. The zero-order chi connectivity index (χ0) is 16.2. The highest BCUT2D eigenvalue weighted by Crippen LogP contribution is 2.30. The van der Waals surface area contributed by atoms with Gasteiger partial charge in [-0.15, -0.1) is 0 Å². The lowest BCUT2D eigenvalue weighted by Crippen LogP contribution is -2.45. The first kappa shape index (κ1) is 17.0. The first-order chi connectivity index (χ1) is 10.4. The van der Waals surface area contributed by atoms with Crippen LogP contribution in [-0.4, -0.2) is 50.3 Å². The average Bonchev–Trinajstić information content (AvgIpc) is 2.49. The van der Waals surface area contributed by atoms with E-state index in [1.165, 1.54) is 12.1 Å². The minimum absolute atomic E-state index is 0.406. The summed E-state index contributed by atoms with van der Waals surface area (Å²) in [4.78, 5) is 1.88. The second kappa shape index (κ2) is 7.23. The van der Waals surface area contributed by atoms with Crippen molar-refractivity contribution in [1.29, 1.82) is 0 Å². The molecule has 0 aromatic heterocycles. The monoisotopic (exact) mass is 324 g/mol. The summed E-state index contributed by atoms with van der Waals surface area (Å²) in [6.45, 7) is 1.95. The van der Waals surface area contributed by atoms with Gasteiger partial charge in [-0.2, -0.15) is 17.6 Å². The van der Waals surface area contributed by atoms with Crippen LogP contribution in [0.3, 0.4) is 0 Å². The summed E-state index contributed by atoms with van der Waals surface area (Å²) in [6, 6.07) is 4.68. The first-order valence-corrected chi connectivity index (χ1v) is 6.89. The van der Waals surface area contributed by atoms with Crippen molar-refractivity contribution in [1.82, 2.24) is 10.2 Å². The van der Waals surface area contributed by atoms with Crippen molar-refractivity contribution >= 4 is 0 Å². The number of nitrogens with zero attached hydrogens (tertiary/aromatic N) is 1. The molecule has 0 amide bonds. The largest absolute Gasteiger partial charge is 0.461 e. The number of ether oxygens (including phenoxy) is 1. The summed E-state index contributed by atoms with van der Waals surface area (Å²) < 4.78 is 67.6. The molecule has 0 unspecified atom stereocenters. The van der Waals surface area contributed by atoms with Crippen LogP contribution in [0.1, 0.15) is 11.6 Å². The van der Waals surface area contributed by atoms with Crippen molar-refractivity contribution in [3.63, 3.8) is 0 Å². The van der Waals surface area contributed by atoms with E-state index in [-0.39, 0.29) is 0 Å². The maximum absolute atomic E-state index is 13.4. The van der Waals surface area contributed by atoms with Crippen LogP contribution in [0.5, 0.6) is 5.75 Å².